The van der Waals surface area contributed by atoms with E-state index in [-0.39, 0.29) is 12.5 Å². The van der Waals surface area contributed by atoms with E-state index < -0.39 is 12.1 Å². The van der Waals surface area contributed by atoms with Gasteiger partial charge in [0, 0.05) is 24.5 Å². The van der Waals surface area contributed by atoms with Gasteiger partial charge < -0.3 is 20.4 Å². The summed E-state index contributed by atoms with van der Waals surface area (Å²) in [7, 11) is 3.11. The van der Waals surface area contributed by atoms with Crippen molar-refractivity contribution in [2.24, 2.45) is 0 Å². The van der Waals surface area contributed by atoms with E-state index in [4.69, 9.17) is 4.74 Å². The van der Waals surface area contributed by atoms with Gasteiger partial charge in [-0.1, -0.05) is 0 Å². The monoisotopic (exact) mass is 321 g/mol. The molecule has 0 spiro atoms. The molecular weight excluding hydrogens is 301 g/mol. The lowest BCUT2D eigenvalue weighted by Crippen LogP contribution is -2.32. The van der Waals surface area contributed by atoms with Crippen molar-refractivity contribution in [3.8, 4) is 5.75 Å². The summed E-state index contributed by atoms with van der Waals surface area (Å²) in [6.45, 7) is 1.42. The fourth-order valence-electron chi connectivity index (χ4n) is 2.38. The summed E-state index contributed by atoms with van der Waals surface area (Å²) < 4.78 is 18.1. The number of fused-ring (bicyclic) bond motifs is 1. The van der Waals surface area contributed by atoms with Crippen LogP contribution in [0.3, 0.4) is 0 Å². The second kappa shape index (κ2) is 7.13. The van der Waals surface area contributed by atoms with Crippen LogP contribution in [0.25, 0.3) is 10.9 Å². The maximum atomic E-state index is 12.9. The number of nitrogens with one attached hydrogen (secondary N) is 3. The van der Waals surface area contributed by atoms with E-state index in [1.807, 2.05) is 12.1 Å². The summed E-state index contributed by atoms with van der Waals surface area (Å²) in [5.41, 5.74) is 1.98. The molecule has 2 aromatic rings. The number of rotatable bonds is 6. The number of carbonyl (C=O) groups is 2. The highest BCUT2D eigenvalue weighted by Crippen LogP contribution is 2.27. The number of ether oxygens (including phenoxy) is 1. The molecule has 1 unspecified atom stereocenters. The number of H-pyrrole nitrogens is 1. The van der Waals surface area contributed by atoms with Crippen molar-refractivity contribution in [2.45, 2.75) is 19.5 Å². The van der Waals surface area contributed by atoms with Crippen molar-refractivity contribution in [3.63, 3.8) is 0 Å². The number of hydrogen-bond acceptors (Lipinski definition) is 3. The molecule has 1 aromatic heterocycles. The van der Waals surface area contributed by atoms with Gasteiger partial charge in [-0.05, 0) is 37.1 Å². The van der Waals surface area contributed by atoms with E-state index >= 15 is 0 Å². The molecule has 0 radical (unpaired) electrons. The predicted octanol–water partition coefficient (Wildman–Crippen LogP) is 1.55. The number of aromatic amines is 1. The second-order valence-electron chi connectivity index (χ2n) is 5.13. The third kappa shape index (κ3) is 3.61. The van der Waals surface area contributed by atoms with Crippen molar-refractivity contribution >= 4 is 22.7 Å². The minimum absolute atomic E-state index is 0.237. The summed E-state index contributed by atoms with van der Waals surface area (Å²) in [5, 5.41) is 5.93. The first kappa shape index (κ1) is 16.8. The Morgan fingerprint density at radius 2 is 2.13 bits per heavy atom. The lowest BCUT2D eigenvalue weighted by Gasteiger charge is -2.07. The molecule has 0 bridgehead atoms. The molecular formula is C16H20FN3O3. The Kier molecular flexibility index (Phi) is 5.20. The van der Waals surface area contributed by atoms with E-state index in [1.165, 1.54) is 6.92 Å². The molecule has 1 aromatic carbocycles. The Morgan fingerprint density at radius 1 is 1.39 bits per heavy atom. The zero-order valence-corrected chi connectivity index (χ0v) is 13.3. The molecule has 0 saturated heterocycles. The highest BCUT2D eigenvalue weighted by Gasteiger charge is 2.18. The molecule has 0 aliphatic carbocycles. The Bertz CT molecular complexity index is 725. The smallest absolute Gasteiger partial charge is 0.267 e. The first-order chi connectivity index (χ1) is 11.0. The van der Waals surface area contributed by atoms with Gasteiger partial charge in [0.25, 0.3) is 11.8 Å². The second-order valence-corrected chi connectivity index (χ2v) is 5.13. The zero-order valence-electron chi connectivity index (χ0n) is 13.3. The summed E-state index contributed by atoms with van der Waals surface area (Å²) in [6, 6.07) is 5.45. The molecule has 2 amide bonds. The van der Waals surface area contributed by atoms with Crippen molar-refractivity contribution < 1.29 is 18.7 Å². The molecule has 23 heavy (non-hydrogen) atoms. The third-order valence-electron chi connectivity index (χ3n) is 3.60. The summed E-state index contributed by atoms with van der Waals surface area (Å²) in [5.74, 6) is -0.244. The SMILES string of the molecule is CNC(=O)c1[nH]c2ccc(OC)cc2c1CCNC(=O)C(C)F. The minimum atomic E-state index is -1.56. The fraction of sp³-hybridized carbons (Fsp3) is 0.375. The molecule has 3 N–H and O–H groups in total. The van der Waals surface area contributed by atoms with Gasteiger partial charge in [-0.2, -0.15) is 0 Å². The van der Waals surface area contributed by atoms with Gasteiger partial charge >= 0.3 is 0 Å². The van der Waals surface area contributed by atoms with Crippen LogP contribution in [-0.4, -0.2) is 43.7 Å². The maximum absolute atomic E-state index is 12.9. The van der Waals surface area contributed by atoms with Crippen LogP contribution in [0.2, 0.25) is 0 Å². The minimum Gasteiger partial charge on any atom is -0.497 e. The largest absolute Gasteiger partial charge is 0.497 e. The molecule has 1 heterocycles. The number of amides is 2. The molecule has 7 heteroatoms. The van der Waals surface area contributed by atoms with Crippen LogP contribution in [0, 0.1) is 0 Å². The van der Waals surface area contributed by atoms with Gasteiger partial charge in [-0.15, -0.1) is 0 Å². The van der Waals surface area contributed by atoms with E-state index in [0.29, 0.717) is 17.9 Å². The molecule has 6 nitrogen and oxygen atoms in total. The van der Waals surface area contributed by atoms with Gasteiger partial charge in [0.15, 0.2) is 6.17 Å². The fourth-order valence-corrected chi connectivity index (χ4v) is 2.38. The van der Waals surface area contributed by atoms with Crippen LogP contribution >= 0.6 is 0 Å². The molecule has 0 aliphatic heterocycles. The Balaban J connectivity index is 2.33. The van der Waals surface area contributed by atoms with Crippen LogP contribution in [-0.2, 0) is 11.2 Å². The molecule has 124 valence electrons. The van der Waals surface area contributed by atoms with Crippen LogP contribution in [0.4, 0.5) is 4.39 Å². The summed E-state index contributed by atoms with van der Waals surface area (Å²) in [6.07, 6.45) is -1.16. The van der Waals surface area contributed by atoms with Crippen LogP contribution < -0.4 is 15.4 Å². The summed E-state index contributed by atoms with van der Waals surface area (Å²) >= 11 is 0. The van der Waals surface area contributed by atoms with E-state index in [2.05, 4.69) is 15.6 Å². The standard InChI is InChI=1S/C16H20FN3O3/c1-9(17)15(21)19-7-6-11-12-8-10(23-3)4-5-13(12)20-14(11)16(22)18-2/h4-5,8-9,20H,6-7H2,1-3H3,(H,18,22)(H,19,21). The first-order valence-corrected chi connectivity index (χ1v) is 7.30. The van der Waals surface area contributed by atoms with Gasteiger partial charge in [0.05, 0.1) is 7.11 Å². The molecule has 0 saturated carbocycles. The number of methoxy groups -OCH3 is 1. The Hall–Kier alpha value is -2.57. The Labute approximate surface area is 133 Å². The van der Waals surface area contributed by atoms with Gasteiger partial charge in [0.2, 0.25) is 0 Å². The maximum Gasteiger partial charge on any atom is 0.267 e. The van der Waals surface area contributed by atoms with E-state index in [1.54, 1.807) is 20.2 Å². The number of carbonyl (C=O) groups excluding carboxylic acids is 2. The number of benzene rings is 1. The molecule has 2 rings (SSSR count). The van der Waals surface area contributed by atoms with E-state index in [0.717, 1.165) is 16.5 Å². The number of hydrogen-bond donors (Lipinski definition) is 3. The van der Waals surface area contributed by atoms with E-state index in [9.17, 15) is 14.0 Å². The lowest BCUT2D eigenvalue weighted by molar-refractivity contribution is -0.125. The predicted molar refractivity (Wildman–Crippen MR) is 85.5 cm³/mol. The first-order valence-electron chi connectivity index (χ1n) is 7.30. The normalized spacial score (nSPS) is 12.0. The van der Waals surface area contributed by atoms with Gasteiger partial charge in [0.1, 0.15) is 11.4 Å². The lowest BCUT2D eigenvalue weighted by atomic mass is 10.1. The third-order valence-corrected chi connectivity index (χ3v) is 3.60. The zero-order chi connectivity index (χ0) is 17.0. The van der Waals surface area contributed by atoms with Crippen LogP contribution in [0.15, 0.2) is 18.2 Å². The summed E-state index contributed by atoms with van der Waals surface area (Å²) in [4.78, 5) is 26.4. The van der Waals surface area contributed by atoms with Gasteiger partial charge in [-0.3, -0.25) is 9.59 Å². The van der Waals surface area contributed by atoms with Crippen LogP contribution in [0.1, 0.15) is 23.0 Å². The molecule has 0 aliphatic rings. The number of alkyl halides is 1. The topological polar surface area (TPSA) is 83.2 Å². The molecule has 1 atom stereocenters. The molecule has 0 fully saturated rings. The van der Waals surface area contributed by atoms with Gasteiger partial charge in [-0.25, -0.2) is 4.39 Å². The Morgan fingerprint density at radius 3 is 2.74 bits per heavy atom. The van der Waals surface area contributed by atoms with Crippen LogP contribution in [0.5, 0.6) is 5.75 Å². The average molecular weight is 321 g/mol. The van der Waals surface area contributed by atoms with Crippen molar-refractivity contribution in [1.29, 1.82) is 0 Å². The highest BCUT2D eigenvalue weighted by molar-refractivity contribution is 6.01. The van der Waals surface area contributed by atoms with Crippen molar-refractivity contribution in [3.05, 3.63) is 29.5 Å². The van der Waals surface area contributed by atoms with Crippen molar-refractivity contribution in [2.75, 3.05) is 20.7 Å². The number of aromatic nitrogens is 1. The average Bonchev–Trinajstić information content (AvgIpc) is 2.91. The quantitative estimate of drug-likeness (QED) is 0.755. The highest BCUT2D eigenvalue weighted by atomic mass is 19.1. The van der Waals surface area contributed by atoms with Crippen molar-refractivity contribution in [1.82, 2.24) is 15.6 Å². The number of halogens is 1.